The van der Waals surface area contributed by atoms with Crippen molar-refractivity contribution in [1.82, 2.24) is 0 Å². The van der Waals surface area contributed by atoms with E-state index in [0.717, 1.165) is 61.6 Å². The number of ether oxygens (including phenoxy) is 1. The Balaban J connectivity index is 1.04. The molecule has 10 rings (SSSR count). The Morgan fingerprint density at radius 3 is 2.06 bits per heavy atom. The SMILES string of the molecule is CC1(C)c2cc(-c3ccc(N(c4ccccc4)c4ccc5sc6ccccc6c5c4)cc3)ccc2Oc2c1ccc1oc3ccccc3c21. The molecule has 0 saturated carbocycles. The fraction of sp³-hybridized carbons (Fsp3) is 0.0667. The van der Waals surface area contributed by atoms with E-state index in [9.17, 15) is 0 Å². The fourth-order valence-electron chi connectivity index (χ4n) is 7.61. The van der Waals surface area contributed by atoms with Gasteiger partial charge < -0.3 is 14.1 Å². The van der Waals surface area contributed by atoms with Gasteiger partial charge in [-0.25, -0.2) is 0 Å². The van der Waals surface area contributed by atoms with Crippen LogP contribution in [0.3, 0.4) is 0 Å². The predicted molar refractivity (Wildman–Crippen MR) is 205 cm³/mol. The molecule has 3 nitrogen and oxygen atoms in total. The van der Waals surface area contributed by atoms with Crippen LogP contribution in [0, 0.1) is 0 Å². The van der Waals surface area contributed by atoms with Gasteiger partial charge in [-0.1, -0.05) is 92.7 Å². The van der Waals surface area contributed by atoms with Crippen LogP contribution in [-0.4, -0.2) is 0 Å². The first-order chi connectivity index (χ1) is 24.0. The average molecular weight is 650 g/mol. The van der Waals surface area contributed by atoms with Crippen molar-refractivity contribution < 1.29 is 9.15 Å². The van der Waals surface area contributed by atoms with Crippen LogP contribution in [0.2, 0.25) is 0 Å². The van der Waals surface area contributed by atoms with Gasteiger partial charge in [0, 0.05) is 59.2 Å². The molecule has 234 valence electrons. The van der Waals surface area contributed by atoms with Gasteiger partial charge >= 0.3 is 0 Å². The maximum atomic E-state index is 6.72. The highest BCUT2D eigenvalue weighted by Crippen LogP contribution is 2.53. The van der Waals surface area contributed by atoms with Crippen LogP contribution in [0.5, 0.6) is 11.5 Å². The molecule has 0 amide bonds. The lowest BCUT2D eigenvalue weighted by Crippen LogP contribution is -2.24. The van der Waals surface area contributed by atoms with Gasteiger partial charge in [0.05, 0.1) is 5.39 Å². The van der Waals surface area contributed by atoms with Crippen LogP contribution in [0.15, 0.2) is 156 Å². The van der Waals surface area contributed by atoms with Crippen LogP contribution < -0.4 is 9.64 Å². The number of nitrogens with zero attached hydrogens (tertiary/aromatic N) is 1. The second-order valence-corrected chi connectivity index (χ2v) is 14.4. The number of fused-ring (bicyclic) bond motifs is 9. The number of furan rings is 1. The first-order valence-electron chi connectivity index (χ1n) is 16.7. The van der Waals surface area contributed by atoms with E-state index in [2.05, 4.69) is 158 Å². The molecule has 0 radical (unpaired) electrons. The highest BCUT2D eigenvalue weighted by molar-refractivity contribution is 7.25. The highest BCUT2D eigenvalue weighted by Gasteiger charge is 2.36. The zero-order chi connectivity index (χ0) is 32.7. The monoisotopic (exact) mass is 649 g/mol. The summed E-state index contributed by atoms with van der Waals surface area (Å²) < 4.78 is 15.5. The summed E-state index contributed by atoms with van der Waals surface area (Å²) in [5.74, 6) is 1.79. The lowest BCUT2D eigenvalue weighted by molar-refractivity contribution is 0.423. The highest BCUT2D eigenvalue weighted by atomic mass is 32.1. The van der Waals surface area contributed by atoms with Gasteiger partial charge in [-0.15, -0.1) is 11.3 Å². The van der Waals surface area contributed by atoms with Crippen molar-refractivity contribution in [3.05, 3.63) is 163 Å². The molecule has 0 fully saturated rings. The van der Waals surface area contributed by atoms with Crippen LogP contribution >= 0.6 is 11.3 Å². The summed E-state index contributed by atoms with van der Waals surface area (Å²) in [7, 11) is 0. The summed E-state index contributed by atoms with van der Waals surface area (Å²) in [4.78, 5) is 2.34. The van der Waals surface area contributed by atoms with E-state index in [1.165, 1.54) is 31.3 Å². The summed E-state index contributed by atoms with van der Waals surface area (Å²) in [5, 5.41) is 4.72. The molecule has 3 heterocycles. The van der Waals surface area contributed by atoms with Gasteiger partial charge in [-0.05, 0) is 83.9 Å². The molecule has 7 aromatic carbocycles. The number of hydrogen-bond acceptors (Lipinski definition) is 4. The van der Waals surface area contributed by atoms with Crippen LogP contribution in [0.4, 0.5) is 17.1 Å². The van der Waals surface area contributed by atoms with E-state index in [1.807, 2.05) is 23.5 Å². The Labute approximate surface area is 288 Å². The second-order valence-electron chi connectivity index (χ2n) is 13.3. The number of hydrogen-bond donors (Lipinski definition) is 0. The molecular weight excluding hydrogens is 619 g/mol. The molecule has 1 aliphatic heterocycles. The van der Waals surface area contributed by atoms with E-state index in [1.54, 1.807) is 0 Å². The van der Waals surface area contributed by atoms with Gasteiger partial charge in [-0.2, -0.15) is 0 Å². The van der Waals surface area contributed by atoms with E-state index < -0.39 is 0 Å². The molecule has 2 aromatic heterocycles. The Kier molecular flexibility index (Phi) is 6.09. The van der Waals surface area contributed by atoms with Crippen LogP contribution in [-0.2, 0) is 5.41 Å². The summed E-state index contributed by atoms with van der Waals surface area (Å²) in [6.07, 6.45) is 0. The van der Waals surface area contributed by atoms with Gasteiger partial charge in [0.25, 0.3) is 0 Å². The third-order valence-electron chi connectivity index (χ3n) is 10.1. The van der Waals surface area contributed by atoms with Gasteiger partial charge in [0.2, 0.25) is 0 Å². The van der Waals surface area contributed by atoms with Crippen molar-refractivity contribution in [2.75, 3.05) is 4.90 Å². The Hall–Kier alpha value is -5.84. The number of anilines is 3. The number of para-hydroxylation sites is 2. The second kappa shape index (κ2) is 10.6. The molecule has 0 atom stereocenters. The Bertz CT molecular complexity index is 2720. The normalized spacial score (nSPS) is 13.4. The van der Waals surface area contributed by atoms with Crippen molar-refractivity contribution in [3.8, 4) is 22.6 Å². The summed E-state index contributed by atoms with van der Waals surface area (Å²) >= 11 is 1.85. The topological polar surface area (TPSA) is 25.6 Å². The molecule has 0 N–H and O–H groups in total. The molecule has 0 aliphatic carbocycles. The summed E-state index contributed by atoms with van der Waals surface area (Å²) in [5.41, 5.74) is 9.51. The van der Waals surface area contributed by atoms with Crippen molar-refractivity contribution in [1.29, 1.82) is 0 Å². The van der Waals surface area contributed by atoms with Crippen molar-refractivity contribution >= 4 is 70.5 Å². The predicted octanol–water partition coefficient (Wildman–Crippen LogP) is 13.5. The van der Waals surface area contributed by atoms with Crippen molar-refractivity contribution in [2.24, 2.45) is 0 Å². The maximum Gasteiger partial charge on any atom is 0.143 e. The molecular formula is C45H31NO2S. The minimum atomic E-state index is -0.264. The maximum absolute atomic E-state index is 6.72. The molecule has 0 spiro atoms. The minimum Gasteiger partial charge on any atom is -0.456 e. The summed E-state index contributed by atoms with van der Waals surface area (Å²) in [6, 6.07) is 54.1. The minimum absolute atomic E-state index is 0.264. The zero-order valence-corrected chi connectivity index (χ0v) is 27.9. The lowest BCUT2D eigenvalue weighted by atomic mass is 9.74. The smallest absolute Gasteiger partial charge is 0.143 e. The van der Waals surface area contributed by atoms with Crippen LogP contribution in [0.25, 0.3) is 53.2 Å². The zero-order valence-electron chi connectivity index (χ0n) is 27.1. The van der Waals surface area contributed by atoms with Gasteiger partial charge in [0.15, 0.2) is 0 Å². The van der Waals surface area contributed by atoms with Gasteiger partial charge in [0.1, 0.15) is 22.7 Å². The third kappa shape index (κ3) is 4.34. The average Bonchev–Trinajstić information content (AvgIpc) is 3.71. The molecule has 0 saturated heterocycles. The van der Waals surface area contributed by atoms with Crippen LogP contribution in [0.1, 0.15) is 25.0 Å². The Morgan fingerprint density at radius 2 is 1.20 bits per heavy atom. The Morgan fingerprint density at radius 1 is 0.510 bits per heavy atom. The molecule has 4 heteroatoms. The molecule has 1 aliphatic rings. The van der Waals surface area contributed by atoms with E-state index >= 15 is 0 Å². The first-order valence-corrected chi connectivity index (χ1v) is 17.5. The molecule has 0 unspecified atom stereocenters. The third-order valence-corrected chi connectivity index (χ3v) is 11.3. The van der Waals surface area contributed by atoms with Crippen molar-refractivity contribution in [2.45, 2.75) is 19.3 Å². The van der Waals surface area contributed by atoms with E-state index in [4.69, 9.17) is 9.15 Å². The number of rotatable bonds is 4. The number of thiophene rings is 1. The quantitative estimate of drug-likeness (QED) is 0.190. The summed E-state index contributed by atoms with van der Waals surface area (Å²) in [6.45, 7) is 4.58. The lowest BCUT2D eigenvalue weighted by Gasteiger charge is -2.35. The fourth-order valence-corrected chi connectivity index (χ4v) is 8.69. The molecule has 9 aromatic rings. The largest absolute Gasteiger partial charge is 0.456 e. The standard InChI is InChI=1S/C45H31NO2S/c1-45(2)36-22-24-40-43(34-13-6-8-14-38(34)47-40)44(36)48-39-23-18-29(26-37(39)45)28-16-19-31(20-17-28)46(30-10-4-3-5-11-30)32-21-25-42-35(27-32)33-12-7-9-15-41(33)49-42/h3-27H,1-2H3. The van der Waals surface area contributed by atoms with Crippen molar-refractivity contribution in [3.63, 3.8) is 0 Å². The molecule has 0 bridgehead atoms. The molecule has 49 heavy (non-hydrogen) atoms. The first kappa shape index (κ1) is 28.2. The van der Waals surface area contributed by atoms with Gasteiger partial charge in [-0.3, -0.25) is 0 Å². The van der Waals surface area contributed by atoms with E-state index in [-0.39, 0.29) is 5.41 Å². The van der Waals surface area contributed by atoms with E-state index in [0.29, 0.717) is 0 Å². The number of benzene rings is 7.